The van der Waals surface area contributed by atoms with Crippen LogP contribution in [0.4, 0.5) is 5.13 Å². The lowest BCUT2D eigenvalue weighted by Gasteiger charge is -2.33. The number of nitrogens with one attached hydrogen (secondary N) is 1. The maximum Gasteiger partial charge on any atom is 0.240 e. The third-order valence-electron chi connectivity index (χ3n) is 3.76. The van der Waals surface area contributed by atoms with Crippen molar-refractivity contribution in [3.8, 4) is 0 Å². The van der Waals surface area contributed by atoms with E-state index in [1.54, 1.807) is 0 Å². The molecule has 0 bridgehead atoms. The second kappa shape index (κ2) is 7.20. The summed E-state index contributed by atoms with van der Waals surface area (Å²) in [5, 5.41) is 9.48. The van der Waals surface area contributed by atoms with Crippen molar-refractivity contribution in [3.05, 3.63) is 28.6 Å². The van der Waals surface area contributed by atoms with Crippen LogP contribution in [0, 0.1) is 13.8 Å². The average Bonchev–Trinajstić information content (AvgIpc) is 3.10. The Morgan fingerprint density at radius 1 is 1.30 bits per heavy atom. The lowest BCUT2D eigenvalue weighted by atomic mass is 10.2. The van der Waals surface area contributed by atoms with Gasteiger partial charge in [-0.25, -0.2) is 4.98 Å². The molecule has 2 aromatic rings. The van der Waals surface area contributed by atoms with Gasteiger partial charge in [0.25, 0.3) is 0 Å². The second-order valence-electron chi connectivity index (χ2n) is 5.82. The molecule has 2 aromatic heterocycles. The van der Waals surface area contributed by atoms with Gasteiger partial charge in [0.15, 0.2) is 5.13 Å². The van der Waals surface area contributed by atoms with Crippen LogP contribution < -0.4 is 5.32 Å². The van der Waals surface area contributed by atoms with E-state index in [0.717, 1.165) is 49.9 Å². The van der Waals surface area contributed by atoms with Gasteiger partial charge in [0.1, 0.15) is 5.76 Å². The molecule has 1 amide bonds. The van der Waals surface area contributed by atoms with Gasteiger partial charge in [-0.05, 0) is 13.8 Å². The second-order valence-corrected chi connectivity index (χ2v) is 6.68. The largest absolute Gasteiger partial charge is 0.361 e. The Morgan fingerprint density at radius 3 is 2.65 bits per heavy atom. The number of hydrogen-bond donors (Lipinski definition) is 1. The van der Waals surface area contributed by atoms with Crippen LogP contribution in [0.25, 0.3) is 0 Å². The van der Waals surface area contributed by atoms with E-state index in [4.69, 9.17) is 4.52 Å². The van der Waals surface area contributed by atoms with Crippen LogP contribution in [0.3, 0.4) is 0 Å². The Bertz CT molecular complexity index is 660. The molecule has 3 rings (SSSR count). The number of aryl methyl sites for hydroxylation is 2. The number of piperazine rings is 1. The Labute approximate surface area is 139 Å². The normalized spacial score (nSPS) is 16.6. The van der Waals surface area contributed by atoms with Gasteiger partial charge in [-0.2, -0.15) is 0 Å². The van der Waals surface area contributed by atoms with Gasteiger partial charge < -0.3 is 9.84 Å². The van der Waals surface area contributed by atoms with Crippen LogP contribution in [-0.4, -0.2) is 58.6 Å². The summed E-state index contributed by atoms with van der Waals surface area (Å²) < 4.78 is 5.09. The molecule has 0 unspecified atom stereocenters. The number of aromatic nitrogens is 2. The van der Waals surface area contributed by atoms with Crippen LogP contribution in [0.1, 0.15) is 17.1 Å². The molecule has 0 aliphatic carbocycles. The molecule has 23 heavy (non-hydrogen) atoms. The fraction of sp³-hybridized carbons (Fsp3) is 0.533. The number of amides is 1. The van der Waals surface area contributed by atoms with Crippen LogP contribution >= 0.6 is 11.3 Å². The number of thiazole rings is 1. The number of carbonyl (C=O) groups excluding carboxylic acids is 1. The van der Waals surface area contributed by atoms with Gasteiger partial charge in [-0.15, -0.1) is 11.3 Å². The number of nitrogens with zero attached hydrogens (tertiary/aromatic N) is 4. The van der Waals surface area contributed by atoms with E-state index in [-0.39, 0.29) is 5.91 Å². The van der Waals surface area contributed by atoms with Crippen LogP contribution in [-0.2, 0) is 11.3 Å². The standard InChI is InChI=1S/C15H21N5O2S/c1-11-10-23-15(16-11)17-14(21)9-20-5-3-19(4-6-20)8-13-7-12(2)22-18-13/h7,10H,3-6,8-9H2,1-2H3,(H,16,17,21). The van der Waals surface area contributed by atoms with E-state index in [9.17, 15) is 4.79 Å². The topological polar surface area (TPSA) is 74.5 Å². The van der Waals surface area contributed by atoms with Crippen molar-refractivity contribution < 1.29 is 9.32 Å². The first-order chi connectivity index (χ1) is 11.1. The van der Waals surface area contributed by atoms with Gasteiger partial charge in [-0.3, -0.25) is 14.6 Å². The first-order valence-electron chi connectivity index (χ1n) is 7.67. The molecule has 0 spiro atoms. The molecule has 1 saturated heterocycles. The minimum atomic E-state index is -0.0000685. The first kappa shape index (κ1) is 16.1. The Kier molecular flexibility index (Phi) is 5.04. The number of hydrogen-bond acceptors (Lipinski definition) is 7. The number of anilines is 1. The quantitative estimate of drug-likeness (QED) is 0.893. The Hall–Kier alpha value is -1.77. The van der Waals surface area contributed by atoms with Crippen LogP contribution in [0.5, 0.6) is 0 Å². The average molecular weight is 335 g/mol. The van der Waals surface area contributed by atoms with Crippen LogP contribution in [0.2, 0.25) is 0 Å². The highest BCUT2D eigenvalue weighted by atomic mass is 32.1. The molecule has 0 saturated carbocycles. The summed E-state index contributed by atoms with van der Waals surface area (Å²) in [4.78, 5) is 20.8. The summed E-state index contributed by atoms with van der Waals surface area (Å²) in [6.07, 6.45) is 0. The zero-order valence-corrected chi connectivity index (χ0v) is 14.2. The molecule has 0 radical (unpaired) electrons. The summed E-state index contributed by atoms with van der Waals surface area (Å²) in [7, 11) is 0. The minimum absolute atomic E-state index is 0.0000685. The lowest BCUT2D eigenvalue weighted by Crippen LogP contribution is -2.48. The molecular formula is C15H21N5O2S. The van der Waals surface area contributed by atoms with Gasteiger partial charge >= 0.3 is 0 Å². The molecule has 1 aliphatic heterocycles. The van der Waals surface area contributed by atoms with E-state index >= 15 is 0 Å². The molecule has 124 valence electrons. The van der Waals surface area contributed by atoms with Crippen molar-refractivity contribution >= 4 is 22.4 Å². The smallest absolute Gasteiger partial charge is 0.240 e. The van der Waals surface area contributed by atoms with Gasteiger partial charge in [0.2, 0.25) is 5.91 Å². The fourth-order valence-corrected chi connectivity index (χ4v) is 3.30. The van der Waals surface area contributed by atoms with Gasteiger partial charge in [0, 0.05) is 44.2 Å². The summed E-state index contributed by atoms with van der Waals surface area (Å²) in [6, 6.07) is 1.97. The van der Waals surface area contributed by atoms with Crippen molar-refractivity contribution in [2.75, 3.05) is 38.0 Å². The molecular weight excluding hydrogens is 314 g/mol. The highest BCUT2D eigenvalue weighted by Gasteiger charge is 2.20. The van der Waals surface area contributed by atoms with E-state index in [1.165, 1.54) is 11.3 Å². The molecule has 1 aliphatic rings. The zero-order chi connectivity index (χ0) is 16.2. The molecule has 7 nitrogen and oxygen atoms in total. The predicted molar refractivity (Wildman–Crippen MR) is 88.4 cm³/mol. The summed E-state index contributed by atoms with van der Waals surface area (Å²) >= 11 is 1.46. The Balaban J connectivity index is 1.41. The van der Waals surface area contributed by atoms with E-state index in [2.05, 4.69) is 25.3 Å². The molecule has 0 atom stereocenters. The molecule has 1 N–H and O–H groups in total. The highest BCUT2D eigenvalue weighted by Crippen LogP contribution is 2.14. The maximum atomic E-state index is 12.0. The molecule has 3 heterocycles. The van der Waals surface area contributed by atoms with Crippen molar-refractivity contribution in [1.82, 2.24) is 19.9 Å². The first-order valence-corrected chi connectivity index (χ1v) is 8.55. The van der Waals surface area contributed by atoms with E-state index < -0.39 is 0 Å². The third kappa shape index (κ3) is 4.60. The summed E-state index contributed by atoms with van der Waals surface area (Å²) in [5.74, 6) is 0.840. The van der Waals surface area contributed by atoms with E-state index in [1.807, 2.05) is 25.3 Å². The van der Waals surface area contributed by atoms with Crippen molar-refractivity contribution in [3.63, 3.8) is 0 Å². The zero-order valence-electron chi connectivity index (χ0n) is 13.4. The van der Waals surface area contributed by atoms with E-state index in [0.29, 0.717) is 11.7 Å². The predicted octanol–water partition coefficient (Wildman–Crippen LogP) is 1.50. The minimum Gasteiger partial charge on any atom is -0.361 e. The molecule has 1 fully saturated rings. The third-order valence-corrected chi connectivity index (χ3v) is 4.64. The lowest BCUT2D eigenvalue weighted by molar-refractivity contribution is -0.117. The van der Waals surface area contributed by atoms with Crippen LogP contribution in [0.15, 0.2) is 16.0 Å². The highest BCUT2D eigenvalue weighted by molar-refractivity contribution is 7.13. The summed E-state index contributed by atoms with van der Waals surface area (Å²) in [6.45, 7) is 8.64. The summed E-state index contributed by atoms with van der Waals surface area (Å²) in [5.41, 5.74) is 1.90. The maximum absolute atomic E-state index is 12.0. The molecule has 0 aromatic carbocycles. The van der Waals surface area contributed by atoms with Crippen molar-refractivity contribution in [1.29, 1.82) is 0 Å². The Morgan fingerprint density at radius 2 is 2.04 bits per heavy atom. The number of rotatable bonds is 5. The van der Waals surface area contributed by atoms with Crippen molar-refractivity contribution in [2.24, 2.45) is 0 Å². The monoisotopic (exact) mass is 335 g/mol. The van der Waals surface area contributed by atoms with Gasteiger partial charge in [0.05, 0.1) is 17.9 Å². The SMILES string of the molecule is Cc1csc(NC(=O)CN2CCN(Cc3cc(C)on3)CC2)n1. The van der Waals surface area contributed by atoms with Gasteiger partial charge in [-0.1, -0.05) is 5.16 Å². The fourth-order valence-electron chi connectivity index (χ4n) is 2.60. The number of carbonyl (C=O) groups is 1. The molecule has 8 heteroatoms. The van der Waals surface area contributed by atoms with Crippen molar-refractivity contribution in [2.45, 2.75) is 20.4 Å².